The molecule has 0 aromatic carbocycles. The minimum atomic E-state index is 0.174. The van der Waals surface area contributed by atoms with Crippen LogP contribution in [0.1, 0.15) is 26.1 Å². The van der Waals surface area contributed by atoms with Crippen LogP contribution in [0, 0.1) is 0 Å². The van der Waals surface area contributed by atoms with Crippen molar-refractivity contribution in [3.63, 3.8) is 0 Å². The zero-order valence-corrected chi connectivity index (χ0v) is 10.5. The summed E-state index contributed by atoms with van der Waals surface area (Å²) in [5.74, 6) is 1.16. The Morgan fingerprint density at radius 3 is 3.00 bits per heavy atom. The Morgan fingerprint density at radius 1 is 1.71 bits per heavy atom. The summed E-state index contributed by atoms with van der Waals surface area (Å²) in [6, 6.07) is 0.174. The number of hydrogen-bond donors (Lipinski definition) is 2. The number of aryl methyl sites for hydroxylation is 1. The molecule has 3 N–H and O–H groups in total. The summed E-state index contributed by atoms with van der Waals surface area (Å²) in [6.45, 7) is 5.54. The highest BCUT2D eigenvalue weighted by Crippen LogP contribution is 2.06. The quantitative estimate of drug-likeness (QED) is 0.322. The van der Waals surface area contributed by atoms with Gasteiger partial charge in [-0.15, -0.1) is 0 Å². The molecule has 0 radical (unpaired) electrons. The molecule has 0 saturated heterocycles. The van der Waals surface area contributed by atoms with Crippen molar-refractivity contribution in [2.75, 3.05) is 7.05 Å². The van der Waals surface area contributed by atoms with Gasteiger partial charge < -0.3 is 10.9 Å². The predicted molar refractivity (Wildman–Crippen MR) is 64.7 cm³/mol. The van der Waals surface area contributed by atoms with E-state index in [1.807, 2.05) is 25.6 Å². The van der Waals surface area contributed by atoms with Crippen LogP contribution in [0.4, 0.5) is 0 Å². The van der Waals surface area contributed by atoms with E-state index in [-0.39, 0.29) is 11.9 Å². The molecule has 96 valence electrons. The third-order valence-electron chi connectivity index (χ3n) is 2.77. The van der Waals surface area contributed by atoms with Gasteiger partial charge in [0.25, 0.3) is 0 Å². The molecule has 0 aliphatic rings. The lowest BCUT2D eigenvalue weighted by Gasteiger charge is -2.23. The first-order valence-corrected chi connectivity index (χ1v) is 5.61. The van der Waals surface area contributed by atoms with E-state index in [9.17, 15) is 0 Å². The standard InChI is InChI=1S/C10H20N6O/c1-4-16-10(12-7-13-16)6-15(3)8(2)5-9(11)14-17/h7-8,17H,4-6H2,1-3H3,(H2,11,14). The number of amidine groups is 1. The van der Waals surface area contributed by atoms with Gasteiger partial charge >= 0.3 is 0 Å². The van der Waals surface area contributed by atoms with Crippen molar-refractivity contribution in [3.8, 4) is 0 Å². The molecule has 0 fully saturated rings. The van der Waals surface area contributed by atoms with Crippen LogP contribution in [0.5, 0.6) is 0 Å². The Balaban J connectivity index is 2.56. The molecular weight excluding hydrogens is 220 g/mol. The molecule has 1 heterocycles. The lowest BCUT2D eigenvalue weighted by atomic mass is 10.2. The average molecular weight is 240 g/mol. The normalized spacial score (nSPS) is 14.2. The number of rotatable bonds is 6. The van der Waals surface area contributed by atoms with E-state index in [2.05, 4.69) is 20.1 Å². The van der Waals surface area contributed by atoms with Crippen LogP contribution in [0.2, 0.25) is 0 Å². The van der Waals surface area contributed by atoms with Gasteiger partial charge in [0, 0.05) is 19.0 Å². The predicted octanol–water partition coefficient (Wildman–Crippen LogP) is 0.255. The molecule has 1 unspecified atom stereocenters. The highest BCUT2D eigenvalue weighted by Gasteiger charge is 2.14. The van der Waals surface area contributed by atoms with E-state index in [1.54, 1.807) is 6.33 Å². The maximum atomic E-state index is 8.52. The van der Waals surface area contributed by atoms with Gasteiger partial charge in [0.1, 0.15) is 18.0 Å². The molecule has 1 atom stereocenters. The maximum absolute atomic E-state index is 8.52. The summed E-state index contributed by atoms with van der Waals surface area (Å²) < 4.78 is 1.85. The first-order chi connectivity index (χ1) is 8.08. The molecule has 0 aliphatic heterocycles. The lowest BCUT2D eigenvalue weighted by Crippen LogP contribution is -2.33. The molecule has 17 heavy (non-hydrogen) atoms. The van der Waals surface area contributed by atoms with E-state index in [1.165, 1.54) is 0 Å². The van der Waals surface area contributed by atoms with Crippen molar-refractivity contribution in [2.24, 2.45) is 10.9 Å². The Kier molecular flexibility index (Phi) is 4.89. The molecule has 0 saturated carbocycles. The number of hydrogen-bond acceptors (Lipinski definition) is 5. The van der Waals surface area contributed by atoms with Gasteiger partial charge in [-0.05, 0) is 20.9 Å². The van der Waals surface area contributed by atoms with Gasteiger partial charge in [-0.2, -0.15) is 5.10 Å². The van der Waals surface area contributed by atoms with Gasteiger partial charge in [0.05, 0.1) is 6.54 Å². The zero-order chi connectivity index (χ0) is 12.8. The van der Waals surface area contributed by atoms with E-state index < -0.39 is 0 Å². The van der Waals surface area contributed by atoms with Crippen LogP contribution in [-0.4, -0.2) is 43.8 Å². The molecule has 0 bridgehead atoms. The Labute approximate surface area is 101 Å². The third kappa shape index (κ3) is 3.70. The Hall–Kier alpha value is -1.63. The first kappa shape index (κ1) is 13.4. The van der Waals surface area contributed by atoms with Crippen molar-refractivity contribution in [2.45, 2.75) is 39.4 Å². The van der Waals surface area contributed by atoms with Gasteiger partial charge in [-0.1, -0.05) is 5.16 Å². The second kappa shape index (κ2) is 6.19. The van der Waals surface area contributed by atoms with Gasteiger partial charge in [0.2, 0.25) is 0 Å². The zero-order valence-electron chi connectivity index (χ0n) is 10.5. The fourth-order valence-corrected chi connectivity index (χ4v) is 1.55. The molecular formula is C10H20N6O. The molecule has 0 amide bonds. The minimum absolute atomic E-state index is 0.174. The Morgan fingerprint density at radius 2 is 2.41 bits per heavy atom. The molecule has 1 aromatic heterocycles. The molecule has 0 aliphatic carbocycles. The SMILES string of the molecule is CCn1ncnc1CN(C)C(C)CC(N)=NO. The molecule has 1 rings (SSSR count). The van der Waals surface area contributed by atoms with Crippen molar-refractivity contribution < 1.29 is 5.21 Å². The Bertz CT molecular complexity index is 375. The van der Waals surface area contributed by atoms with Gasteiger partial charge in [-0.3, -0.25) is 4.90 Å². The maximum Gasteiger partial charge on any atom is 0.140 e. The molecule has 0 spiro atoms. The van der Waals surface area contributed by atoms with Crippen LogP contribution >= 0.6 is 0 Å². The largest absolute Gasteiger partial charge is 0.409 e. The van der Waals surface area contributed by atoms with Crippen molar-refractivity contribution in [3.05, 3.63) is 12.2 Å². The minimum Gasteiger partial charge on any atom is -0.409 e. The van der Waals surface area contributed by atoms with Gasteiger partial charge in [-0.25, -0.2) is 9.67 Å². The molecule has 1 aromatic rings. The summed E-state index contributed by atoms with van der Waals surface area (Å²) in [5, 5.41) is 15.6. The van der Waals surface area contributed by atoms with Crippen molar-refractivity contribution >= 4 is 5.84 Å². The lowest BCUT2D eigenvalue weighted by molar-refractivity contribution is 0.241. The van der Waals surface area contributed by atoms with E-state index in [0.29, 0.717) is 13.0 Å². The summed E-state index contributed by atoms with van der Waals surface area (Å²) in [4.78, 5) is 6.30. The summed E-state index contributed by atoms with van der Waals surface area (Å²) in [7, 11) is 1.98. The van der Waals surface area contributed by atoms with Crippen LogP contribution in [0.15, 0.2) is 11.5 Å². The topological polar surface area (TPSA) is 92.6 Å². The fraction of sp³-hybridized carbons (Fsp3) is 0.700. The first-order valence-electron chi connectivity index (χ1n) is 5.61. The number of nitrogens with two attached hydrogens (primary N) is 1. The molecule has 7 heteroatoms. The fourth-order valence-electron chi connectivity index (χ4n) is 1.55. The monoisotopic (exact) mass is 240 g/mol. The van der Waals surface area contributed by atoms with Crippen molar-refractivity contribution in [1.29, 1.82) is 0 Å². The summed E-state index contributed by atoms with van der Waals surface area (Å²) >= 11 is 0. The smallest absolute Gasteiger partial charge is 0.140 e. The highest BCUT2D eigenvalue weighted by molar-refractivity contribution is 5.80. The highest BCUT2D eigenvalue weighted by atomic mass is 16.4. The second-order valence-electron chi connectivity index (χ2n) is 4.05. The van der Waals surface area contributed by atoms with Crippen molar-refractivity contribution in [1.82, 2.24) is 19.7 Å². The number of nitrogens with zero attached hydrogens (tertiary/aromatic N) is 5. The van der Waals surface area contributed by atoms with Crippen LogP contribution < -0.4 is 5.73 Å². The number of aromatic nitrogens is 3. The molecule has 7 nitrogen and oxygen atoms in total. The van der Waals surface area contributed by atoms with Crippen LogP contribution in [0.25, 0.3) is 0 Å². The van der Waals surface area contributed by atoms with E-state index >= 15 is 0 Å². The summed E-state index contributed by atoms with van der Waals surface area (Å²) in [6.07, 6.45) is 2.08. The van der Waals surface area contributed by atoms with E-state index in [4.69, 9.17) is 10.9 Å². The second-order valence-corrected chi connectivity index (χ2v) is 4.05. The average Bonchev–Trinajstić information content (AvgIpc) is 2.75. The van der Waals surface area contributed by atoms with Crippen LogP contribution in [0.3, 0.4) is 0 Å². The summed E-state index contributed by atoms with van der Waals surface area (Å²) in [5.41, 5.74) is 5.48. The van der Waals surface area contributed by atoms with Crippen LogP contribution in [-0.2, 0) is 13.1 Å². The van der Waals surface area contributed by atoms with Gasteiger partial charge in [0.15, 0.2) is 0 Å². The third-order valence-corrected chi connectivity index (χ3v) is 2.77. The number of oxime groups is 1. The van der Waals surface area contributed by atoms with E-state index in [0.717, 1.165) is 12.4 Å².